The number of nitro groups is 1. The summed E-state index contributed by atoms with van der Waals surface area (Å²) >= 11 is 5.98. The third-order valence-corrected chi connectivity index (χ3v) is 4.10. The minimum absolute atomic E-state index is 0.00822. The van der Waals surface area contributed by atoms with E-state index in [0.29, 0.717) is 6.54 Å². The summed E-state index contributed by atoms with van der Waals surface area (Å²) in [7, 11) is 0. The van der Waals surface area contributed by atoms with Gasteiger partial charge >= 0.3 is 0 Å². The smallest absolute Gasteiger partial charge is 0.272 e. The van der Waals surface area contributed by atoms with Crippen LogP contribution in [0.25, 0.3) is 0 Å². The number of ether oxygens (including phenoxy) is 1. The first-order valence-corrected chi connectivity index (χ1v) is 8.74. The van der Waals surface area contributed by atoms with E-state index in [-0.39, 0.29) is 34.8 Å². The van der Waals surface area contributed by atoms with Crippen molar-refractivity contribution in [1.29, 1.82) is 0 Å². The molecule has 2 aromatic heterocycles. The van der Waals surface area contributed by atoms with Crippen LogP contribution < -0.4 is 10.1 Å². The van der Waals surface area contributed by atoms with E-state index < -0.39 is 4.92 Å². The van der Waals surface area contributed by atoms with E-state index in [2.05, 4.69) is 15.5 Å². The molecule has 0 aliphatic carbocycles. The van der Waals surface area contributed by atoms with E-state index in [1.807, 2.05) is 19.2 Å². The number of hydrogen-bond donors (Lipinski definition) is 1. The summed E-state index contributed by atoms with van der Waals surface area (Å²) in [5.41, 5.74) is 0.860. The predicted molar refractivity (Wildman–Crippen MR) is 100 cm³/mol. The molecule has 0 saturated carbocycles. The van der Waals surface area contributed by atoms with Crippen molar-refractivity contribution in [3.63, 3.8) is 0 Å². The van der Waals surface area contributed by atoms with Crippen LogP contribution in [0.4, 0.5) is 5.69 Å². The summed E-state index contributed by atoms with van der Waals surface area (Å²) in [6.07, 6.45) is 3.43. The minimum Gasteiger partial charge on any atom is -0.470 e. The van der Waals surface area contributed by atoms with Gasteiger partial charge in [-0.15, -0.1) is 0 Å². The number of nitrogens with zero attached hydrogens (tertiary/aromatic N) is 5. The monoisotopic (exact) mass is 404 g/mol. The summed E-state index contributed by atoms with van der Waals surface area (Å²) in [5, 5.41) is 22.0. The quantitative estimate of drug-likeness (QED) is 0.455. The second kappa shape index (κ2) is 8.53. The number of aryl methyl sites for hydroxylation is 1. The number of hydrogen-bond acceptors (Lipinski definition) is 6. The number of nitrogens with one attached hydrogen (secondary N) is 1. The van der Waals surface area contributed by atoms with E-state index in [9.17, 15) is 14.9 Å². The minimum atomic E-state index is -0.541. The van der Waals surface area contributed by atoms with Crippen LogP contribution in [-0.2, 0) is 19.8 Å². The number of halogens is 1. The van der Waals surface area contributed by atoms with Crippen molar-refractivity contribution in [1.82, 2.24) is 24.9 Å². The zero-order valence-electron chi connectivity index (χ0n) is 14.9. The molecular formula is C17H17ClN6O4. The third-order valence-electron chi connectivity index (χ3n) is 3.80. The molecule has 0 aliphatic rings. The maximum atomic E-state index is 12.2. The van der Waals surface area contributed by atoms with Gasteiger partial charge in [0.2, 0.25) is 0 Å². The second-order valence-corrected chi connectivity index (χ2v) is 6.14. The zero-order valence-corrected chi connectivity index (χ0v) is 15.7. The fourth-order valence-electron chi connectivity index (χ4n) is 2.35. The number of aromatic nitrogens is 4. The van der Waals surface area contributed by atoms with Crippen LogP contribution in [-0.4, -0.2) is 30.4 Å². The lowest BCUT2D eigenvalue weighted by molar-refractivity contribution is -0.384. The Labute approximate surface area is 164 Å². The van der Waals surface area contributed by atoms with Crippen LogP contribution >= 0.6 is 11.6 Å². The molecule has 0 spiro atoms. The molecule has 1 amide bonds. The first kappa shape index (κ1) is 19.4. The molecule has 3 rings (SSSR count). The predicted octanol–water partition coefficient (Wildman–Crippen LogP) is 2.63. The number of carbonyl (C=O) groups is 1. The molecule has 2 heterocycles. The Bertz CT molecular complexity index is 999. The number of rotatable bonds is 8. The topological polar surface area (TPSA) is 117 Å². The van der Waals surface area contributed by atoms with Crippen LogP contribution in [0.3, 0.4) is 0 Å². The van der Waals surface area contributed by atoms with Gasteiger partial charge in [-0.3, -0.25) is 19.6 Å². The van der Waals surface area contributed by atoms with Crippen LogP contribution in [0.1, 0.15) is 23.1 Å². The molecule has 1 N–H and O–H groups in total. The fourth-order valence-corrected chi connectivity index (χ4v) is 2.58. The fraction of sp³-hybridized carbons (Fsp3) is 0.235. The standard InChI is InChI=1S/C17H17ClN6O4/c1-2-22-7-5-12(20-22)10-19-17(25)15-6-8-23(21-15)11-28-16-4-3-13(24(26)27)9-14(16)18/h3-9H,2,10-11H2,1H3,(H,19,25). The van der Waals surface area contributed by atoms with Crippen LogP contribution in [0.15, 0.2) is 42.7 Å². The molecule has 0 unspecified atom stereocenters. The number of benzene rings is 1. The van der Waals surface area contributed by atoms with Gasteiger partial charge in [-0.1, -0.05) is 11.6 Å². The van der Waals surface area contributed by atoms with Gasteiger partial charge in [0, 0.05) is 31.1 Å². The van der Waals surface area contributed by atoms with E-state index in [4.69, 9.17) is 16.3 Å². The molecule has 0 bridgehead atoms. The van der Waals surface area contributed by atoms with E-state index in [1.54, 1.807) is 16.9 Å². The maximum Gasteiger partial charge on any atom is 0.272 e. The van der Waals surface area contributed by atoms with Crippen molar-refractivity contribution in [3.05, 3.63) is 69.3 Å². The molecule has 0 atom stereocenters. The molecule has 0 radical (unpaired) electrons. The lowest BCUT2D eigenvalue weighted by Crippen LogP contribution is -2.24. The molecule has 1 aromatic carbocycles. The normalized spacial score (nSPS) is 10.6. The average Bonchev–Trinajstić information content (AvgIpc) is 3.34. The average molecular weight is 405 g/mol. The van der Waals surface area contributed by atoms with Gasteiger partial charge in [0.05, 0.1) is 22.2 Å². The lowest BCUT2D eigenvalue weighted by Gasteiger charge is -2.07. The van der Waals surface area contributed by atoms with E-state index >= 15 is 0 Å². The number of nitro benzene ring substituents is 1. The first-order chi connectivity index (χ1) is 13.5. The Balaban J connectivity index is 1.55. The number of carbonyl (C=O) groups excluding carboxylic acids is 1. The number of amides is 1. The summed E-state index contributed by atoms with van der Waals surface area (Å²) in [4.78, 5) is 22.4. The molecule has 146 valence electrons. The molecule has 0 saturated heterocycles. The van der Waals surface area contributed by atoms with Gasteiger partial charge in [-0.2, -0.15) is 10.2 Å². The Morgan fingerprint density at radius 2 is 2.04 bits per heavy atom. The van der Waals surface area contributed by atoms with Crippen LogP contribution in [0.2, 0.25) is 5.02 Å². The van der Waals surface area contributed by atoms with Crippen molar-refractivity contribution in [2.75, 3.05) is 0 Å². The molecule has 0 fully saturated rings. The summed E-state index contributed by atoms with van der Waals surface area (Å²) in [6.45, 7) is 3.03. The van der Waals surface area contributed by atoms with Gasteiger partial charge in [-0.05, 0) is 25.1 Å². The van der Waals surface area contributed by atoms with Crippen LogP contribution in [0, 0.1) is 10.1 Å². The number of non-ortho nitro benzene ring substituents is 1. The Kier molecular flexibility index (Phi) is 5.90. The Morgan fingerprint density at radius 1 is 1.25 bits per heavy atom. The highest BCUT2D eigenvalue weighted by Crippen LogP contribution is 2.28. The molecule has 3 aromatic rings. The zero-order chi connectivity index (χ0) is 20.1. The molecular weight excluding hydrogens is 388 g/mol. The highest BCUT2D eigenvalue weighted by Gasteiger charge is 2.12. The van der Waals surface area contributed by atoms with Crippen molar-refractivity contribution < 1.29 is 14.5 Å². The summed E-state index contributed by atoms with van der Waals surface area (Å²) < 4.78 is 8.69. The van der Waals surface area contributed by atoms with E-state index in [0.717, 1.165) is 12.2 Å². The van der Waals surface area contributed by atoms with Crippen LogP contribution in [0.5, 0.6) is 5.75 Å². The maximum absolute atomic E-state index is 12.2. The highest BCUT2D eigenvalue weighted by atomic mass is 35.5. The van der Waals surface area contributed by atoms with Crippen molar-refractivity contribution in [3.8, 4) is 5.75 Å². The highest BCUT2D eigenvalue weighted by molar-refractivity contribution is 6.32. The Morgan fingerprint density at radius 3 is 2.71 bits per heavy atom. The van der Waals surface area contributed by atoms with Gasteiger partial charge in [0.25, 0.3) is 11.6 Å². The SMILES string of the molecule is CCn1ccc(CNC(=O)c2ccn(COc3ccc([N+](=O)[O-])cc3Cl)n2)n1. The lowest BCUT2D eigenvalue weighted by atomic mass is 10.3. The third kappa shape index (κ3) is 4.65. The first-order valence-electron chi connectivity index (χ1n) is 8.37. The van der Waals surface area contributed by atoms with Gasteiger partial charge in [0.1, 0.15) is 11.4 Å². The summed E-state index contributed by atoms with van der Waals surface area (Å²) in [5.74, 6) is -0.0570. The molecule has 10 nitrogen and oxygen atoms in total. The molecule has 11 heteroatoms. The van der Waals surface area contributed by atoms with Crippen molar-refractivity contribution in [2.45, 2.75) is 26.7 Å². The van der Waals surface area contributed by atoms with E-state index in [1.165, 1.54) is 22.9 Å². The van der Waals surface area contributed by atoms with Gasteiger partial charge < -0.3 is 10.1 Å². The molecule has 0 aliphatic heterocycles. The Hall–Kier alpha value is -3.40. The van der Waals surface area contributed by atoms with Gasteiger partial charge in [0.15, 0.2) is 6.73 Å². The largest absolute Gasteiger partial charge is 0.470 e. The second-order valence-electron chi connectivity index (χ2n) is 5.73. The van der Waals surface area contributed by atoms with Crippen molar-refractivity contribution >= 4 is 23.2 Å². The molecule has 28 heavy (non-hydrogen) atoms. The van der Waals surface area contributed by atoms with Gasteiger partial charge in [-0.25, -0.2) is 4.68 Å². The summed E-state index contributed by atoms with van der Waals surface area (Å²) in [6, 6.07) is 7.31. The van der Waals surface area contributed by atoms with Crippen molar-refractivity contribution in [2.24, 2.45) is 0 Å².